The van der Waals surface area contributed by atoms with Crippen molar-refractivity contribution in [3.63, 3.8) is 0 Å². The van der Waals surface area contributed by atoms with E-state index in [4.69, 9.17) is 9.47 Å². The van der Waals surface area contributed by atoms with Crippen molar-refractivity contribution in [1.82, 2.24) is 0 Å². The van der Waals surface area contributed by atoms with Crippen LogP contribution in [0.1, 0.15) is 34.6 Å². The lowest BCUT2D eigenvalue weighted by Crippen LogP contribution is -2.45. The lowest BCUT2D eigenvalue weighted by Gasteiger charge is -2.26. The maximum Gasteiger partial charge on any atom is 0.116 e. The van der Waals surface area contributed by atoms with Gasteiger partial charge in [0, 0.05) is 0 Å². The molecule has 4 heteroatoms. The van der Waals surface area contributed by atoms with Gasteiger partial charge in [-0.1, -0.05) is 0 Å². The Morgan fingerprint density at radius 1 is 1.40 bits per heavy atom. The lowest BCUT2D eigenvalue weighted by atomic mass is 9.94. The summed E-state index contributed by atoms with van der Waals surface area (Å²) in [5, 5.41) is 19.7. The minimum Gasteiger partial charge on any atom is -0.387 e. The van der Waals surface area contributed by atoms with Gasteiger partial charge in [-0.2, -0.15) is 0 Å². The van der Waals surface area contributed by atoms with E-state index >= 15 is 0 Å². The quantitative estimate of drug-likeness (QED) is 0.716. The van der Waals surface area contributed by atoms with Gasteiger partial charge in [0.25, 0.3) is 0 Å². The first-order valence-corrected chi connectivity index (χ1v) is 5.34. The summed E-state index contributed by atoms with van der Waals surface area (Å²) in [5.74, 6) is 0. The first-order valence-electron chi connectivity index (χ1n) is 5.34. The van der Waals surface area contributed by atoms with Crippen LogP contribution in [0.2, 0.25) is 0 Å². The van der Waals surface area contributed by atoms with Crippen molar-refractivity contribution < 1.29 is 19.7 Å². The van der Waals surface area contributed by atoms with E-state index in [2.05, 4.69) is 0 Å². The molecule has 4 nitrogen and oxygen atoms in total. The minimum absolute atomic E-state index is 0.263. The van der Waals surface area contributed by atoms with Crippen molar-refractivity contribution in [2.45, 2.75) is 64.1 Å². The lowest BCUT2D eigenvalue weighted by molar-refractivity contribution is -0.0877. The third-order valence-electron chi connectivity index (χ3n) is 2.83. The first-order chi connectivity index (χ1) is 6.64. The average molecular weight is 218 g/mol. The Labute approximate surface area is 91.2 Å². The molecule has 1 heterocycles. The minimum atomic E-state index is -1.19. The molecular weight excluding hydrogens is 196 g/mol. The molecule has 15 heavy (non-hydrogen) atoms. The Bertz CT molecular complexity index is 219. The molecule has 0 aromatic heterocycles. The molecule has 0 saturated carbocycles. The highest BCUT2D eigenvalue weighted by atomic mass is 16.6. The molecule has 0 aliphatic carbocycles. The number of ether oxygens (including phenoxy) is 2. The van der Waals surface area contributed by atoms with E-state index in [-0.39, 0.29) is 11.7 Å². The number of hydrogen-bond acceptors (Lipinski definition) is 4. The van der Waals surface area contributed by atoms with E-state index in [9.17, 15) is 10.2 Å². The van der Waals surface area contributed by atoms with Crippen LogP contribution in [0.25, 0.3) is 0 Å². The van der Waals surface area contributed by atoms with Crippen LogP contribution in [0.15, 0.2) is 0 Å². The molecule has 1 rings (SSSR count). The largest absolute Gasteiger partial charge is 0.387 e. The summed E-state index contributed by atoms with van der Waals surface area (Å²) in [4.78, 5) is 0. The topological polar surface area (TPSA) is 58.9 Å². The Kier molecular flexibility index (Phi) is 3.45. The molecule has 0 spiro atoms. The van der Waals surface area contributed by atoms with Gasteiger partial charge in [-0.3, -0.25) is 0 Å². The van der Waals surface area contributed by atoms with Gasteiger partial charge >= 0.3 is 0 Å². The maximum atomic E-state index is 9.90. The highest BCUT2D eigenvalue weighted by Crippen LogP contribution is 2.31. The van der Waals surface area contributed by atoms with Crippen LogP contribution in [-0.2, 0) is 9.47 Å². The molecule has 1 aliphatic rings. The fraction of sp³-hybridized carbons (Fsp3) is 1.00. The van der Waals surface area contributed by atoms with Crippen LogP contribution in [0.3, 0.4) is 0 Å². The van der Waals surface area contributed by atoms with Gasteiger partial charge < -0.3 is 19.7 Å². The SMILES string of the molecule is C[C@@H]1O[C@H](COC(C)(C)C)[C@H](O)C1(C)O. The van der Waals surface area contributed by atoms with E-state index in [1.54, 1.807) is 13.8 Å². The third kappa shape index (κ3) is 2.91. The molecule has 0 amide bonds. The summed E-state index contributed by atoms with van der Waals surface area (Å²) < 4.78 is 11.0. The average Bonchev–Trinajstić information content (AvgIpc) is 2.25. The van der Waals surface area contributed by atoms with E-state index in [1.165, 1.54) is 0 Å². The van der Waals surface area contributed by atoms with Crippen LogP contribution in [0.4, 0.5) is 0 Å². The second-order valence-electron chi connectivity index (χ2n) is 5.41. The number of aliphatic hydroxyl groups is 2. The summed E-state index contributed by atoms with van der Waals surface area (Å²) in [5.41, 5.74) is -1.45. The van der Waals surface area contributed by atoms with Gasteiger partial charge in [0.05, 0.1) is 18.3 Å². The highest BCUT2D eigenvalue weighted by molar-refractivity contribution is 4.98. The normalized spacial score (nSPS) is 42.2. The standard InChI is InChI=1S/C11H22O4/c1-7-11(5,13)9(12)8(15-7)6-14-10(2,3)4/h7-9,12-13H,6H2,1-5H3/t7-,8+,9-,11?/m0/s1. The molecule has 0 aromatic carbocycles. The fourth-order valence-electron chi connectivity index (χ4n) is 1.55. The van der Waals surface area contributed by atoms with Crippen LogP contribution >= 0.6 is 0 Å². The highest BCUT2D eigenvalue weighted by Gasteiger charge is 2.49. The second-order valence-corrected chi connectivity index (χ2v) is 5.41. The van der Waals surface area contributed by atoms with Crippen molar-refractivity contribution in [2.75, 3.05) is 6.61 Å². The van der Waals surface area contributed by atoms with E-state index in [0.717, 1.165) is 0 Å². The second kappa shape index (κ2) is 4.01. The molecule has 90 valence electrons. The van der Waals surface area contributed by atoms with Crippen LogP contribution in [-0.4, -0.2) is 46.3 Å². The Morgan fingerprint density at radius 3 is 2.27 bits per heavy atom. The van der Waals surface area contributed by atoms with Gasteiger partial charge in [-0.05, 0) is 34.6 Å². The zero-order valence-electron chi connectivity index (χ0n) is 10.2. The third-order valence-corrected chi connectivity index (χ3v) is 2.83. The maximum absolute atomic E-state index is 9.90. The monoisotopic (exact) mass is 218 g/mol. The molecule has 1 fully saturated rings. The summed E-state index contributed by atoms with van der Waals surface area (Å²) >= 11 is 0. The Balaban J connectivity index is 2.53. The van der Waals surface area contributed by atoms with Crippen molar-refractivity contribution in [1.29, 1.82) is 0 Å². The number of aliphatic hydroxyl groups excluding tert-OH is 1. The van der Waals surface area contributed by atoms with Gasteiger partial charge in [0.2, 0.25) is 0 Å². The molecule has 2 N–H and O–H groups in total. The summed E-state index contributed by atoms with van der Waals surface area (Å²) in [6.45, 7) is 9.45. The van der Waals surface area contributed by atoms with Gasteiger partial charge in [-0.15, -0.1) is 0 Å². The zero-order valence-corrected chi connectivity index (χ0v) is 10.2. The van der Waals surface area contributed by atoms with Gasteiger partial charge in [0.15, 0.2) is 0 Å². The van der Waals surface area contributed by atoms with Gasteiger partial charge in [-0.25, -0.2) is 0 Å². The molecule has 1 aliphatic heterocycles. The van der Waals surface area contributed by atoms with Crippen LogP contribution in [0.5, 0.6) is 0 Å². The zero-order chi connectivity index (χ0) is 11.9. The fourth-order valence-corrected chi connectivity index (χ4v) is 1.55. The molecule has 0 radical (unpaired) electrons. The molecule has 0 aromatic rings. The number of rotatable bonds is 2. The predicted octanol–water partition coefficient (Wildman–Crippen LogP) is 0.701. The first kappa shape index (κ1) is 12.9. The molecular formula is C11H22O4. The van der Waals surface area contributed by atoms with E-state index < -0.39 is 17.8 Å². The molecule has 4 atom stereocenters. The van der Waals surface area contributed by atoms with Gasteiger partial charge in [0.1, 0.15) is 17.8 Å². The Morgan fingerprint density at radius 2 is 1.93 bits per heavy atom. The summed E-state index contributed by atoms with van der Waals surface area (Å²) in [7, 11) is 0. The summed E-state index contributed by atoms with van der Waals surface area (Å²) in [6, 6.07) is 0. The molecule has 1 saturated heterocycles. The predicted molar refractivity (Wildman–Crippen MR) is 56.7 cm³/mol. The smallest absolute Gasteiger partial charge is 0.116 e. The van der Waals surface area contributed by atoms with Crippen molar-refractivity contribution in [3.05, 3.63) is 0 Å². The molecule has 1 unspecified atom stereocenters. The summed E-state index contributed by atoms with van der Waals surface area (Å²) in [6.07, 6.45) is -1.72. The van der Waals surface area contributed by atoms with Crippen molar-refractivity contribution >= 4 is 0 Å². The Hall–Kier alpha value is -0.160. The number of hydrogen-bond donors (Lipinski definition) is 2. The van der Waals surface area contributed by atoms with E-state index in [1.807, 2.05) is 20.8 Å². The van der Waals surface area contributed by atoms with Crippen molar-refractivity contribution in [2.24, 2.45) is 0 Å². The van der Waals surface area contributed by atoms with Crippen molar-refractivity contribution in [3.8, 4) is 0 Å². The van der Waals surface area contributed by atoms with E-state index in [0.29, 0.717) is 6.61 Å². The van der Waals surface area contributed by atoms with Crippen LogP contribution < -0.4 is 0 Å². The van der Waals surface area contributed by atoms with Crippen LogP contribution in [0, 0.1) is 0 Å². The molecule has 0 bridgehead atoms.